The molecule has 2 unspecified atom stereocenters. The second-order valence-electron chi connectivity index (χ2n) is 7.73. The quantitative estimate of drug-likeness (QED) is 0.415. The minimum atomic E-state index is 0.201. The second kappa shape index (κ2) is 8.55. The molecule has 0 aliphatic heterocycles. The molecule has 2 atom stereocenters. The second-order valence-corrected chi connectivity index (χ2v) is 7.73. The molecule has 0 aromatic carbocycles. The van der Waals surface area contributed by atoms with E-state index in [9.17, 15) is 4.79 Å². The summed E-state index contributed by atoms with van der Waals surface area (Å²) in [6, 6.07) is 0. The predicted octanol–water partition coefficient (Wildman–Crippen LogP) is 5.35. The highest BCUT2D eigenvalue weighted by Gasteiger charge is 2.49. The lowest BCUT2D eigenvalue weighted by molar-refractivity contribution is -0.126. The number of amides is 1. The van der Waals surface area contributed by atoms with Crippen LogP contribution in [0.5, 0.6) is 0 Å². The fourth-order valence-corrected chi connectivity index (χ4v) is 3.03. The molecule has 1 amide bonds. The smallest absolute Gasteiger partial charge is 0.246 e. The number of hydrogen-bond donors (Lipinski definition) is 0. The zero-order valence-corrected chi connectivity index (χ0v) is 15.5. The number of hydrogen-bond acceptors (Lipinski definition) is 1. The molecule has 1 saturated carbocycles. The minimum absolute atomic E-state index is 0.201. The van der Waals surface area contributed by atoms with Crippen LogP contribution in [0.3, 0.4) is 0 Å². The fourth-order valence-electron chi connectivity index (χ4n) is 3.03. The van der Waals surface area contributed by atoms with Crippen molar-refractivity contribution in [3.63, 3.8) is 0 Å². The third-order valence-electron chi connectivity index (χ3n) is 4.75. The normalized spacial score (nSPS) is 22.9. The molecular weight excluding hydrogens is 270 g/mol. The van der Waals surface area contributed by atoms with Crippen LogP contribution in [-0.4, -0.2) is 23.9 Å². The molecule has 0 bridgehead atoms. The van der Waals surface area contributed by atoms with Gasteiger partial charge in [-0.3, -0.25) is 4.79 Å². The van der Waals surface area contributed by atoms with E-state index in [2.05, 4.69) is 38.7 Å². The zero-order chi connectivity index (χ0) is 16.8. The SMILES string of the molecule is CCCCN(CC1CC1(C)CCC=C(C)C)C(=O)C=C(C)C. The number of carbonyl (C=O) groups is 1. The number of allylic oxidation sites excluding steroid dienone is 3. The molecule has 22 heavy (non-hydrogen) atoms. The van der Waals surface area contributed by atoms with Crippen LogP contribution in [0.1, 0.15) is 73.6 Å². The molecule has 2 nitrogen and oxygen atoms in total. The molecule has 0 saturated heterocycles. The van der Waals surface area contributed by atoms with Crippen LogP contribution in [0.25, 0.3) is 0 Å². The van der Waals surface area contributed by atoms with E-state index >= 15 is 0 Å². The Morgan fingerprint density at radius 3 is 2.45 bits per heavy atom. The summed E-state index contributed by atoms with van der Waals surface area (Å²) in [4.78, 5) is 14.5. The molecule has 0 N–H and O–H groups in total. The standard InChI is InChI=1S/C20H35NO/c1-7-8-12-21(19(22)13-17(4)5)15-18-14-20(18,6)11-9-10-16(2)3/h10,13,18H,7-9,11-12,14-15H2,1-6H3. The maximum absolute atomic E-state index is 12.4. The van der Waals surface area contributed by atoms with E-state index in [-0.39, 0.29) is 5.91 Å². The lowest BCUT2D eigenvalue weighted by Gasteiger charge is -2.23. The molecule has 1 aliphatic carbocycles. The first-order valence-corrected chi connectivity index (χ1v) is 8.85. The van der Waals surface area contributed by atoms with Gasteiger partial charge in [0.2, 0.25) is 5.91 Å². The molecule has 1 fully saturated rings. The Hall–Kier alpha value is -1.05. The van der Waals surface area contributed by atoms with Crippen LogP contribution < -0.4 is 0 Å². The first kappa shape index (κ1) is 19.0. The van der Waals surface area contributed by atoms with E-state index in [4.69, 9.17) is 0 Å². The summed E-state index contributed by atoms with van der Waals surface area (Å²) in [5.41, 5.74) is 2.94. The van der Waals surface area contributed by atoms with Gasteiger partial charge in [0.1, 0.15) is 0 Å². The highest BCUT2D eigenvalue weighted by molar-refractivity contribution is 5.88. The Labute approximate surface area is 137 Å². The number of unbranched alkanes of at least 4 members (excludes halogenated alkanes) is 1. The first-order valence-electron chi connectivity index (χ1n) is 8.85. The Balaban J connectivity index is 2.55. The molecule has 1 rings (SSSR count). The van der Waals surface area contributed by atoms with Gasteiger partial charge in [0.05, 0.1) is 0 Å². The number of rotatable bonds is 9. The number of carbonyl (C=O) groups excluding carboxylic acids is 1. The molecular formula is C20H35NO. The molecule has 126 valence electrons. The lowest BCUT2D eigenvalue weighted by Crippen LogP contribution is -2.33. The molecule has 2 heteroatoms. The maximum atomic E-state index is 12.4. The molecule has 0 spiro atoms. The van der Waals surface area contributed by atoms with Crippen molar-refractivity contribution in [1.82, 2.24) is 4.90 Å². The molecule has 0 heterocycles. The summed E-state index contributed by atoms with van der Waals surface area (Å²) < 4.78 is 0. The van der Waals surface area contributed by atoms with Crippen molar-refractivity contribution < 1.29 is 4.79 Å². The van der Waals surface area contributed by atoms with Gasteiger partial charge in [0.25, 0.3) is 0 Å². The highest BCUT2D eigenvalue weighted by atomic mass is 16.2. The van der Waals surface area contributed by atoms with Gasteiger partial charge in [-0.25, -0.2) is 0 Å². The first-order chi connectivity index (χ1) is 10.3. The summed E-state index contributed by atoms with van der Waals surface area (Å²) >= 11 is 0. The van der Waals surface area contributed by atoms with Crippen molar-refractivity contribution in [2.45, 2.75) is 73.6 Å². The monoisotopic (exact) mass is 305 g/mol. The van der Waals surface area contributed by atoms with E-state index in [1.165, 1.54) is 24.8 Å². The van der Waals surface area contributed by atoms with Crippen LogP contribution in [-0.2, 0) is 4.79 Å². The highest BCUT2D eigenvalue weighted by Crippen LogP contribution is 2.55. The Morgan fingerprint density at radius 2 is 1.91 bits per heavy atom. The predicted molar refractivity (Wildman–Crippen MR) is 95.8 cm³/mol. The van der Waals surface area contributed by atoms with Crippen LogP contribution in [0.4, 0.5) is 0 Å². The van der Waals surface area contributed by atoms with Gasteiger partial charge < -0.3 is 4.90 Å². The van der Waals surface area contributed by atoms with Gasteiger partial charge in [-0.05, 0) is 64.7 Å². The maximum Gasteiger partial charge on any atom is 0.246 e. The van der Waals surface area contributed by atoms with E-state index in [0.29, 0.717) is 11.3 Å². The lowest BCUT2D eigenvalue weighted by atomic mass is 9.98. The Bertz CT molecular complexity index is 427. The molecule has 0 radical (unpaired) electrons. The fraction of sp³-hybridized carbons (Fsp3) is 0.750. The van der Waals surface area contributed by atoms with Crippen molar-refractivity contribution in [3.05, 3.63) is 23.3 Å². The average Bonchev–Trinajstić information content (AvgIpc) is 3.03. The van der Waals surface area contributed by atoms with Gasteiger partial charge in [0.15, 0.2) is 0 Å². The van der Waals surface area contributed by atoms with Gasteiger partial charge in [0, 0.05) is 19.2 Å². The Morgan fingerprint density at radius 1 is 1.23 bits per heavy atom. The zero-order valence-electron chi connectivity index (χ0n) is 15.5. The van der Waals surface area contributed by atoms with Crippen molar-refractivity contribution in [3.8, 4) is 0 Å². The molecule has 0 aromatic rings. The van der Waals surface area contributed by atoms with Gasteiger partial charge in [-0.1, -0.05) is 37.5 Å². The van der Waals surface area contributed by atoms with E-state index in [0.717, 1.165) is 31.5 Å². The van der Waals surface area contributed by atoms with E-state index in [1.54, 1.807) is 6.08 Å². The van der Waals surface area contributed by atoms with Crippen LogP contribution >= 0.6 is 0 Å². The van der Waals surface area contributed by atoms with Crippen LogP contribution in [0.15, 0.2) is 23.3 Å². The Kier molecular flexibility index (Phi) is 7.38. The summed E-state index contributed by atoms with van der Waals surface area (Å²) in [5.74, 6) is 0.886. The average molecular weight is 306 g/mol. The van der Waals surface area contributed by atoms with Crippen LogP contribution in [0, 0.1) is 11.3 Å². The molecule has 1 aliphatic rings. The van der Waals surface area contributed by atoms with Gasteiger partial charge in [-0.2, -0.15) is 0 Å². The third kappa shape index (κ3) is 6.37. The van der Waals surface area contributed by atoms with E-state index in [1.807, 2.05) is 13.8 Å². The minimum Gasteiger partial charge on any atom is -0.339 e. The van der Waals surface area contributed by atoms with Gasteiger partial charge >= 0.3 is 0 Å². The van der Waals surface area contributed by atoms with E-state index < -0.39 is 0 Å². The van der Waals surface area contributed by atoms with Crippen molar-refractivity contribution in [2.75, 3.05) is 13.1 Å². The van der Waals surface area contributed by atoms with Gasteiger partial charge in [-0.15, -0.1) is 0 Å². The number of nitrogens with zero attached hydrogens (tertiary/aromatic N) is 1. The van der Waals surface area contributed by atoms with Crippen molar-refractivity contribution >= 4 is 5.91 Å². The van der Waals surface area contributed by atoms with Crippen molar-refractivity contribution in [1.29, 1.82) is 0 Å². The third-order valence-corrected chi connectivity index (χ3v) is 4.75. The summed E-state index contributed by atoms with van der Waals surface area (Å²) in [5, 5.41) is 0. The van der Waals surface area contributed by atoms with Crippen molar-refractivity contribution in [2.24, 2.45) is 11.3 Å². The largest absolute Gasteiger partial charge is 0.339 e. The molecule has 0 aromatic heterocycles. The van der Waals surface area contributed by atoms with Crippen LogP contribution in [0.2, 0.25) is 0 Å². The topological polar surface area (TPSA) is 20.3 Å². The summed E-state index contributed by atoms with van der Waals surface area (Å²) in [6.07, 6.45) is 10.1. The summed E-state index contributed by atoms with van der Waals surface area (Å²) in [7, 11) is 0. The summed E-state index contributed by atoms with van der Waals surface area (Å²) in [6.45, 7) is 14.7.